The SMILES string of the molecule is OC(CCc1ccccc1)c1nccc2ccccc12. The van der Waals surface area contributed by atoms with Crippen LogP contribution in [0.5, 0.6) is 0 Å². The van der Waals surface area contributed by atoms with Gasteiger partial charge in [0.25, 0.3) is 0 Å². The quantitative estimate of drug-likeness (QED) is 0.774. The average molecular weight is 263 g/mol. The molecule has 0 amide bonds. The number of nitrogens with zero attached hydrogens (tertiary/aromatic N) is 1. The lowest BCUT2D eigenvalue weighted by Gasteiger charge is -2.12. The van der Waals surface area contributed by atoms with Crippen LogP contribution in [0.4, 0.5) is 0 Å². The van der Waals surface area contributed by atoms with Crippen LogP contribution in [0.15, 0.2) is 66.9 Å². The molecule has 2 nitrogen and oxygen atoms in total. The predicted octanol–water partition coefficient (Wildman–Crippen LogP) is 3.90. The lowest BCUT2D eigenvalue weighted by atomic mass is 10.0. The predicted molar refractivity (Wildman–Crippen MR) is 81.5 cm³/mol. The molecule has 0 spiro atoms. The van der Waals surface area contributed by atoms with Crippen molar-refractivity contribution in [2.24, 2.45) is 0 Å². The summed E-state index contributed by atoms with van der Waals surface area (Å²) in [5.41, 5.74) is 2.02. The molecule has 1 atom stereocenters. The summed E-state index contributed by atoms with van der Waals surface area (Å²) < 4.78 is 0. The maximum atomic E-state index is 10.4. The van der Waals surface area contributed by atoms with Gasteiger partial charge in [0.1, 0.15) is 0 Å². The molecule has 0 aliphatic rings. The zero-order valence-electron chi connectivity index (χ0n) is 11.2. The maximum absolute atomic E-state index is 10.4. The Balaban J connectivity index is 1.80. The van der Waals surface area contributed by atoms with Crippen LogP contribution >= 0.6 is 0 Å². The lowest BCUT2D eigenvalue weighted by molar-refractivity contribution is 0.165. The molecule has 100 valence electrons. The molecule has 1 unspecified atom stereocenters. The van der Waals surface area contributed by atoms with Gasteiger partial charge in [-0.25, -0.2) is 0 Å². The minimum Gasteiger partial charge on any atom is -0.387 e. The summed E-state index contributed by atoms with van der Waals surface area (Å²) in [6.45, 7) is 0. The first-order chi connectivity index (χ1) is 9.84. The molecule has 0 radical (unpaired) electrons. The second kappa shape index (κ2) is 5.85. The van der Waals surface area contributed by atoms with Crippen molar-refractivity contribution in [3.05, 3.63) is 78.1 Å². The first-order valence-electron chi connectivity index (χ1n) is 6.90. The van der Waals surface area contributed by atoms with E-state index in [2.05, 4.69) is 17.1 Å². The highest BCUT2D eigenvalue weighted by atomic mass is 16.3. The average Bonchev–Trinajstić information content (AvgIpc) is 2.53. The van der Waals surface area contributed by atoms with E-state index in [0.717, 1.165) is 22.9 Å². The van der Waals surface area contributed by atoms with E-state index in [4.69, 9.17) is 0 Å². The highest BCUT2D eigenvalue weighted by Gasteiger charge is 2.12. The number of aliphatic hydroxyl groups is 1. The van der Waals surface area contributed by atoms with Crippen LogP contribution in [0, 0.1) is 0 Å². The number of benzene rings is 2. The zero-order valence-corrected chi connectivity index (χ0v) is 11.2. The van der Waals surface area contributed by atoms with E-state index in [9.17, 15) is 5.11 Å². The molecule has 0 fully saturated rings. The van der Waals surface area contributed by atoms with Gasteiger partial charge in [0, 0.05) is 11.6 Å². The smallest absolute Gasteiger partial charge is 0.0969 e. The molecule has 20 heavy (non-hydrogen) atoms. The Morgan fingerprint density at radius 3 is 2.50 bits per heavy atom. The van der Waals surface area contributed by atoms with Crippen LogP contribution < -0.4 is 0 Å². The third-order valence-corrected chi connectivity index (χ3v) is 3.57. The van der Waals surface area contributed by atoms with Gasteiger partial charge in [0.15, 0.2) is 0 Å². The Labute approximate surface area is 118 Å². The summed E-state index contributed by atoms with van der Waals surface area (Å²) in [6, 6.07) is 20.3. The van der Waals surface area contributed by atoms with Gasteiger partial charge in [0.2, 0.25) is 0 Å². The van der Waals surface area contributed by atoms with E-state index in [-0.39, 0.29) is 0 Å². The first-order valence-corrected chi connectivity index (χ1v) is 6.90. The molecular weight excluding hydrogens is 246 g/mol. The van der Waals surface area contributed by atoms with Crippen molar-refractivity contribution in [1.82, 2.24) is 4.98 Å². The largest absolute Gasteiger partial charge is 0.387 e. The molecule has 0 saturated carbocycles. The Bertz CT molecular complexity index is 689. The molecule has 0 bridgehead atoms. The summed E-state index contributed by atoms with van der Waals surface area (Å²) in [7, 11) is 0. The Morgan fingerprint density at radius 1 is 0.900 bits per heavy atom. The van der Waals surface area contributed by atoms with Crippen LogP contribution in [0.1, 0.15) is 23.8 Å². The van der Waals surface area contributed by atoms with E-state index >= 15 is 0 Å². The summed E-state index contributed by atoms with van der Waals surface area (Å²) >= 11 is 0. The van der Waals surface area contributed by atoms with Crippen molar-refractivity contribution in [3.8, 4) is 0 Å². The standard InChI is InChI=1S/C18H17NO/c20-17(11-10-14-6-2-1-3-7-14)18-16-9-5-4-8-15(16)12-13-19-18/h1-9,12-13,17,20H,10-11H2. The molecule has 0 aliphatic carbocycles. The van der Waals surface area contributed by atoms with Gasteiger partial charge in [-0.15, -0.1) is 0 Å². The molecule has 1 aromatic heterocycles. The fraction of sp³-hybridized carbons (Fsp3) is 0.167. The number of hydrogen-bond acceptors (Lipinski definition) is 2. The molecule has 2 aromatic carbocycles. The normalized spacial score (nSPS) is 12.4. The van der Waals surface area contributed by atoms with E-state index < -0.39 is 6.10 Å². The van der Waals surface area contributed by atoms with E-state index in [1.54, 1.807) is 6.20 Å². The molecule has 2 heteroatoms. The molecule has 1 heterocycles. The van der Waals surface area contributed by atoms with Gasteiger partial charge in [-0.3, -0.25) is 4.98 Å². The van der Waals surface area contributed by atoms with E-state index in [1.165, 1.54) is 5.56 Å². The van der Waals surface area contributed by atoms with Gasteiger partial charge in [0.05, 0.1) is 11.8 Å². The molecular formula is C18H17NO. The second-order valence-electron chi connectivity index (χ2n) is 4.96. The Kier molecular flexibility index (Phi) is 3.75. The number of aliphatic hydroxyl groups excluding tert-OH is 1. The van der Waals surface area contributed by atoms with Crippen molar-refractivity contribution in [3.63, 3.8) is 0 Å². The monoisotopic (exact) mass is 263 g/mol. The van der Waals surface area contributed by atoms with Crippen LogP contribution in [0.2, 0.25) is 0 Å². The Morgan fingerprint density at radius 2 is 1.65 bits per heavy atom. The van der Waals surface area contributed by atoms with Crippen LogP contribution in [-0.2, 0) is 6.42 Å². The van der Waals surface area contributed by atoms with Gasteiger partial charge in [-0.1, -0.05) is 54.6 Å². The minimum absolute atomic E-state index is 0.527. The van der Waals surface area contributed by atoms with E-state index in [0.29, 0.717) is 6.42 Å². The molecule has 3 rings (SSSR count). The van der Waals surface area contributed by atoms with Gasteiger partial charge >= 0.3 is 0 Å². The number of hydrogen-bond donors (Lipinski definition) is 1. The summed E-state index contributed by atoms with van der Waals surface area (Å²) in [6.07, 6.45) is 2.78. The Hall–Kier alpha value is -2.19. The number of fused-ring (bicyclic) bond motifs is 1. The van der Waals surface area contributed by atoms with Crippen molar-refractivity contribution in [1.29, 1.82) is 0 Å². The van der Waals surface area contributed by atoms with Crippen LogP contribution in [0.3, 0.4) is 0 Å². The van der Waals surface area contributed by atoms with Crippen LogP contribution in [-0.4, -0.2) is 10.1 Å². The molecule has 0 saturated heterocycles. The fourth-order valence-electron chi connectivity index (χ4n) is 2.49. The summed E-state index contributed by atoms with van der Waals surface area (Å²) in [5.74, 6) is 0. The fourth-order valence-corrected chi connectivity index (χ4v) is 2.49. The molecule has 3 aromatic rings. The highest BCUT2D eigenvalue weighted by Crippen LogP contribution is 2.25. The lowest BCUT2D eigenvalue weighted by Crippen LogP contribution is -2.03. The van der Waals surface area contributed by atoms with Crippen molar-refractivity contribution in [2.75, 3.05) is 0 Å². The maximum Gasteiger partial charge on any atom is 0.0969 e. The highest BCUT2D eigenvalue weighted by molar-refractivity contribution is 5.84. The summed E-state index contributed by atoms with van der Waals surface area (Å²) in [5, 5.41) is 12.6. The van der Waals surface area contributed by atoms with Crippen molar-refractivity contribution >= 4 is 10.8 Å². The third kappa shape index (κ3) is 2.70. The van der Waals surface area contributed by atoms with Crippen molar-refractivity contribution in [2.45, 2.75) is 18.9 Å². The second-order valence-corrected chi connectivity index (χ2v) is 4.96. The van der Waals surface area contributed by atoms with Crippen molar-refractivity contribution < 1.29 is 5.11 Å². The van der Waals surface area contributed by atoms with E-state index in [1.807, 2.05) is 48.5 Å². The zero-order chi connectivity index (χ0) is 13.8. The summed E-state index contributed by atoms with van der Waals surface area (Å²) in [4.78, 5) is 4.37. The molecule has 0 aliphatic heterocycles. The number of aryl methyl sites for hydroxylation is 1. The molecule has 1 N–H and O–H groups in total. The van der Waals surface area contributed by atoms with Gasteiger partial charge in [-0.2, -0.15) is 0 Å². The number of aromatic nitrogens is 1. The van der Waals surface area contributed by atoms with Crippen LogP contribution in [0.25, 0.3) is 10.8 Å². The third-order valence-electron chi connectivity index (χ3n) is 3.57. The van der Waals surface area contributed by atoms with Gasteiger partial charge in [-0.05, 0) is 29.9 Å². The topological polar surface area (TPSA) is 33.1 Å². The van der Waals surface area contributed by atoms with Gasteiger partial charge < -0.3 is 5.11 Å². The number of pyridine rings is 1. The number of rotatable bonds is 4. The first kappa shape index (κ1) is 12.8. The minimum atomic E-state index is -0.527.